The van der Waals surface area contributed by atoms with Gasteiger partial charge < -0.3 is 5.73 Å². The Labute approximate surface area is 57.4 Å². The van der Waals surface area contributed by atoms with E-state index in [1.54, 1.807) is 6.08 Å². The van der Waals surface area contributed by atoms with Crippen molar-refractivity contribution in [1.29, 1.82) is 0 Å². The second kappa shape index (κ2) is 3.93. The zero-order valence-corrected chi connectivity index (χ0v) is 6.29. The van der Waals surface area contributed by atoms with E-state index in [9.17, 15) is 0 Å². The van der Waals surface area contributed by atoms with Crippen molar-refractivity contribution in [3.05, 3.63) is 12.7 Å². The van der Waals surface area contributed by atoms with Crippen LogP contribution in [0.3, 0.4) is 0 Å². The summed E-state index contributed by atoms with van der Waals surface area (Å²) in [5, 5.41) is 0. The van der Waals surface area contributed by atoms with Crippen molar-refractivity contribution in [2.75, 3.05) is 0 Å². The van der Waals surface area contributed by atoms with Crippen LogP contribution in [0.4, 0.5) is 0 Å². The molecule has 0 aliphatic heterocycles. The summed E-state index contributed by atoms with van der Waals surface area (Å²) in [6.45, 7) is 7.58. The van der Waals surface area contributed by atoms with Gasteiger partial charge >= 0.3 is 0 Å². The third kappa shape index (κ3) is 4.16. The van der Waals surface area contributed by atoms with Crippen molar-refractivity contribution >= 4 is 12.4 Å². The lowest BCUT2D eigenvalue weighted by molar-refractivity contribution is 0.565. The van der Waals surface area contributed by atoms with E-state index in [4.69, 9.17) is 5.73 Å². The second-order valence-corrected chi connectivity index (χ2v) is 2.06. The standard InChI is InChI=1S/C6H13N.ClH/c1-4-6(3,7)5-2;/h4H,1,5,7H2,2-3H3;1H. The lowest BCUT2D eigenvalue weighted by atomic mass is 10.0. The van der Waals surface area contributed by atoms with Crippen molar-refractivity contribution in [3.63, 3.8) is 0 Å². The van der Waals surface area contributed by atoms with Crippen molar-refractivity contribution < 1.29 is 0 Å². The lowest BCUT2D eigenvalue weighted by Gasteiger charge is -2.15. The van der Waals surface area contributed by atoms with Gasteiger partial charge in [-0.25, -0.2) is 0 Å². The van der Waals surface area contributed by atoms with E-state index in [0.29, 0.717) is 0 Å². The highest BCUT2D eigenvalue weighted by atomic mass is 35.5. The molecule has 50 valence electrons. The Hall–Kier alpha value is -0.0100. The Balaban J connectivity index is 0. The molecule has 0 spiro atoms. The third-order valence-corrected chi connectivity index (χ3v) is 1.23. The van der Waals surface area contributed by atoms with Gasteiger partial charge in [0, 0.05) is 5.54 Å². The summed E-state index contributed by atoms with van der Waals surface area (Å²) in [5.74, 6) is 0. The monoisotopic (exact) mass is 135 g/mol. The predicted octanol–water partition coefficient (Wildman–Crippen LogP) is 1.72. The van der Waals surface area contributed by atoms with Crippen LogP contribution in [-0.4, -0.2) is 5.54 Å². The van der Waals surface area contributed by atoms with E-state index in [1.165, 1.54) is 0 Å². The quantitative estimate of drug-likeness (QED) is 0.574. The average molecular weight is 136 g/mol. The van der Waals surface area contributed by atoms with Crippen molar-refractivity contribution in [1.82, 2.24) is 0 Å². The van der Waals surface area contributed by atoms with Crippen LogP contribution >= 0.6 is 12.4 Å². The molecule has 1 unspecified atom stereocenters. The summed E-state index contributed by atoms with van der Waals surface area (Å²) < 4.78 is 0. The Morgan fingerprint density at radius 1 is 1.75 bits per heavy atom. The first-order valence-electron chi connectivity index (χ1n) is 2.55. The molecule has 0 fully saturated rings. The minimum atomic E-state index is -0.153. The minimum Gasteiger partial charge on any atom is -0.322 e. The lowest BCUT2D eigenvalue weighted by Crippen LogP contribution is -2.31. The molecule has 0 bridgehead atoms. The molecule has 0 aliphatic carbocycles. The topological polar surface area (TPSA) is 26.0 Å². The Morgan fingerprint density at radius 2 is 2.12 bits per heavy atom. The molecule has 0 saturated carbocycles. The highest BCUT2D eigenvalue weighted by Gasteiger charge is 2.07. The number of hydrogen-bond acceptors (Lipinski definition) is 1. The molecule has 0 aromatic heterocycles. The van der Waals surface area contributed by atoms with E-state index in [1.807, 2.05) is 13.8 Å². The van der Waals surface area contributed by atoms with E-state index >= 15 is 0 Å². The van der Waals surface area contributed by atoms with Gasteiger partial charge in [0.2, 0.25) is 0 Å². The van der Waals surface area contributed by atoms with Gasteiger partial charge in [0.15, 0.2) is 0 Å². The maximum Gasteiger partial charge on any atom is 0.0305 e. The molecule has 0 heterocycles. The fraction of sp³-hybridized carbons (Fsp3) is 0.667. The molecule has 0 aromatic carbocycles. The molecular formula is C6H14ClN. The molecular weight excluding hydrogens is 122 g/mol. The van der Waals surface area contributed by atoms with Crippen LogP contribution in [0.25, 0.3) is 0 Å². The molecule has 8 heavy (non-hydrogen) atoms. The van der Waals surface area contributed by atoms with E-state index in [-0.39, 0.29) is 17.9 Å². The smallest absolute Gasteiger partial charge is 0.0305 e. The van der Waals surface area contributed by atoms with Gasteiger partial charge in [0.1, 0.15) is 0 Å². The number of hydrogen-bond donors (Lipinski definition) is 1. The van der Waals surface area contributed by atoms with Gasteiger partial charge in [0.05, 0.1) is 0 Å². The zero-order valence-electron chi connectivity index (χ0n) is 5.48. The zero-order chi connectivity index (χ0) is 5.91. The second-order valence-electron chi connectivity index (χ2n) is 2.06. The van der Waals surface area contributed by atoms with Crippen molar-refractivity contribution in [2.45, 2.75) is 25.8 Å². The SMILES string of the molecule is C=CC(C)(N)CC.Cl. The van der Waals surface area contributed by atoms with Crippen molar-refractivity contribution in [2.24, 2.45) is 5.73 Å². The Morgan fingerprint density at radius 3 is 2.12 bits per heavy atom. The maximum absolute atomic E-state index is 5.60. The average Bonchev–Trinajstić information content (AvgIpc) is 1.68. The molecule has 0 aliphatic rings. The van der Waals surface area contributed by atoms with Gasteiger partial charge in [-0.15, -0.1) is 19.0 Å². The summed E-state index contributed by atoms with van der Waals surface area (Å²) in [4.78, 5) is 0. The first-order valence-corrected chi connectivity index (χ1v) is 2.55. The number of rotatable bonds is 2. The highest BCUT2D eigenvalue weighted by molar-refractivity contribution is 5.85. The van der Waals surface area contributed by atoms with E-state index in [0.717, 1.165) is 6.42 Å². The molecule has 2 heteroatoms. The molecule has 0 amide bonds. The summed E-state index contributed by atoms with van der Waals surface area (Å²) in [7, 11) is 0. The molecule has 0 radical (unpaired) electrons. The Kier molecular flexibility index (Phi) is 5.34. The van der Waals surface area contributed by atoms with Gasteiger partial charge in [-0.2, -0.15) is 0 Å². The molecule has 1 nitrogen and oxygen atoms in total. The maximum atomic E-state index is 5.60. The largest absolute Gasteiger partial charge is 0.322 e. The van der Waals surface area contributed by atoms with E-state index in [2.05, 4.69) is 6.58 Å². The Bertz CT molecular complexity index is 68.9. The number of nitrogens with two attached hydrogens (primary N) is 1. The first-order chi connectivity index (χ1) is 3.12. The summed E-state index contributed by atoms with van der Waals surface area (Å²) in [5.41, 5.74) is 5.44. The van der Waals surface area contributed by atoms with E-state index < -0.39 is 0 Å². The third-order valence-electron chi connectivity index (χ3n) is 1.23. The van der Waals surface area contributed by atoms with Gasteiger partial charge in [-0.05, 0) is 13.3 Å². The van der Waals surface area contributed by atoms with Crippen molar-refractivity contribution in [3.8, 4) is 0 Å². The van der Waals surface area contributed by atoms with Crippen LogP contribution in [0.5, 0.6) is 0 Å². The van der Waals surface area contributed by atoms with Crippen LogP contribution in [0.1, 0.15) is 20.3 Å². The summed E-state index contributed by atoms with van der Waals surface area (Å²) >= 11 is 0. The fourth-order valence-corrected chi connectivity index (χ4v) is 0.144. The van der Waals surface area contributed by atoms with Gasteiger partial charge in [-0.3, -0.25) is 0 Å². The molecule has 2 N–H and O–H groups in total. The summed E-state index contributed by atoms with van der Waals surface area (Å²) in [6, 6.07) is 0. The van der Waals surface area contributed by atoms with Crippen LogP contribution < -0.4 is 5.73 Å². The normalized spacial score (nSPS) is 15.9. The predicted molar refractivity (Wildman–Crippen MR) is 40.3 cm³/mol. The minimum absolute atomic E-state index is 0. The van der Waals surface area contributed by atoms with Crippen LogP contribution in [0, 0.1) is 0 Å². The molecule has 1 atom stereocenters. The molecule has 0 aromatic rings. The van der Waals surface area contributed by atoms with Gasteiger partial charge in [0.25, 0.3) is 0 Å². The number of halogens is 1. The first kappa shape index (κ1) is 10.9. The molecule has 0 rings (SSSR count). The summed E-state index contributed by atoms with van der Waals surface area (Å²) in [6.07, 6.45) is 2.73. The molecule has 0 saturated heterocycles. The fourth-order valence-electron chi connectivity index (χ4n) is 0.144. The van der Waals surface area contributed by atoms with Crippen LogP contribution in [-0.2, 0) is 0 Å². The highest BCUT2D eigenvalue weighted by Crippen LogP contribution is 2.03. The van der Waals surface area contributed by atoms with Gasteiger partial charge in [-0.1, -0.05) is 13.0 Å². The van der Waals surface area contributed by atoms with Crippen LogP contribution in [0.15, 0.2) is 12.7 Å². The van der Waals surface area contributed by atoms with Crippen LogP contribution in [0.2, 0.25) is 0 Å².